The zero-order valence-corrected chi connectivity index (χ0v) is 23.6. The Balaban J connectivity index is 1.55. The van der Waals surface area contributed by atoms with Crippen molar-refractivity contribution in [2.45, 2.75) is 46.1 Å². The first-order chi connectivity index (χ1) is 19.7. The summed E-state index contributed by atoms with van der Waals surface area (Å²) < 4.78 is 11.7. The second-order valence-corrected chi connectivity index (χ2v) is 11.1. The average molecular weight is 549 g/mol. The first kappa shape index (κ1) is 27.7. The van der Waals surface area contributed by atoms with Crippen molar-refractivity contribution in [1.29, 1.82) is 5.26 Å². The number of methoxy groups -OCH3 is 1. The normalized spacial score (nSPS) is 17.7. The van der Waals surface area contributed by atoms with Crippen molar-refractivity contribution in [3.63, 3.8) is 0 Å². The summed E-state index contributed by atoms with van der Waals surface area (Å²) in [4.78, 5) is 31.7. The Morgan fingerprint density at radius 1 is 1.15 bits per heavy atom. The molecule has 1 aliphatic carbocycles. The van der Waals surface area contributed by atoms with Gasteiger partial charge in [0.05, 0.1) is 18.7 Å². The monoisotopic (exact) mass is 548 g/mol. The first-order valence-electron chi connectivity index (χ1n) is 13.5. The van der Waals surface area contributed by atoms with Gasteiger partial charge in [0, 0.05) is 46.6 Å². The third-order valence-corrected chi connectivity index (χ3v) is 7.41. The second kappa shape index (κ2) is 11.3. The number of hydrogen-bond acceptors (Lipinski definition) is 7. The molecule has 0 saturated heterocycles. The molecule has 2 aliphatic rings. The summed E-state index contributed by atoms with van der Waals surface area (Å²) in [5.41, 5.74) is 4.54. The number of allylic oxidation sites excluding steroid dienone is 3. The number of nitriles is 1. The highest BCUT2D eigenvalue weighted by Gasteiger charge is 2.43. The van der Waals surface area contributed by atoms with Crippen LogP contribution in [-0.2, 0) is 16.2 Å². The third-order valence-electron chi connectivity index (χ3n) is 7.41. The number of ether oxygens (including phenoxy) is 2. The van der Waals surface area contributed by atoms with E-state index in [-0.39, 0.29) is 23.7 Å². The number of benzene rings is 2. The highest BCUT2D eigenvalue weighted by Crippen LogP contribution is 2.47. The maximum absolute atomic E-state index is 13.8. The van der Waals surface area contributed by atoms with Crippen LogP contribution in [0.25, 0.3) is 0 Å². The van der Waals surface area contributed by atoms with Gasteiger partial charge in [-0.2, -0.15) is 5.26 Å². The van der Waals surface area contributed by atoms with Crippen molar-refractivity contribution < 1.29 is 19.1 Å². The van der Waals surface area contributed by atoms with Gasteiger partial charge in [-0.15, -0.1) is 0 Å². The van der Waals surface area contributed by atoms with E-state index < -0.39 is 5.92 Å². The molecule has 1 aliphatic heterocycles. The van der Waals surface area contributed by atoms with Gasteiger partial charge in [0.25, 0.3) is 5.91 Å². The molecule has 41 heavy (non-hydrogen) atoms. The lowest BCUT2D eigenvalue weighted by Gasteiger charge is -2.39. The molecule has 0 radical (unpaired) electrons. The molecule has 0 bridgehead atoms. The Bertz CT molecular complexity index is 1600. The van der Waals surface area contributed by atoms with Crippen LogP contribution in [0.5, 0.6) is 11.5 Å². The molecular formula is C33H32N4O4. The molecule has 8 heteroatoms. The number of pyridine rings is 1. The molecule has 5 rings (SSSR count). The number of ketones is 1. The molecule has 0 fully saturated rings. The van der Waals surface area contributed by atoms with Crippen molar-refractivity contribution in [1.82, 2.24) is 10.3 Å². The first-order valence-corrected chi connectivity index (χ1v) is 13.5. The van der Waals surface area contributed by atoms with Crippen LogP contribution in [-0.4, -0.2) is 23.8 Å². The molecular weight excluding hydrogens is 516 g/mol. The summed E-state index contributed by atoms with van der Waals surface area (Å²) in [5, 5.41) is 15.4. The Morgan fingerprint density at radius 3 is 2.61 bits per heavy atom. The number of nitrogens with one attached hydrogen (secondary N) is 2. The molecule has 3 aromatic rings. The minimum absolute atomic E-state index is 0.0237. The van der Waals surface area contributed by atoms with Crippen molar-refractivity contribution in [2.75, 3.05) is 12.4 Å². The standard InChI is InChI=1S/C33H32N4O4/c1-20-29(32(39)37-28-7-5-6-14-35-28)30(31-25(36-20)16-33(2,3)17-26(31)38)22-10-13-27(40-4)23(15-22)19-41-24-11-8-21(18-34)9-12-24/h5-15,30,36H,16-17,19H2,1-4H3,(H,35,37,39)/t30-/m0/s1. The summed E-state index contributed by atoms with van der Waals surface area (Å²) in [6.07, 6.45) is 2.70. The van der Waals surface area contributed by atoms with Gasteiger partial charge < -0.3 is 20.1 Å². The minimum atomic E-state index is -0.585. The SMILES string of the molecule is COc1ccc([C@H]2C(C(=O)Nc3ccccn3)=C(C)NC3=C2C(=O)CC(C)(C)C3)cc1COc1ccc(C#N)cc1. The zero-order valence-electron chi connectivity index (χ0n) is 23.6. The van der Waals surface area contributed by atoms with Crippen LogP contribution in [0.3, 0.4) is 0 Å². The molecule has 2 N–H and O–H groups in total. The predicted molar refractivity (Wildman–Crippen MR) is 155 cm³/mol. The summed E-state index contributed by atoms with van der Waals surface area (Å²) in [7, 11) is 1.59. The topological polar surface area (TPSA) is 113 Å². The van der Waals surface area contributed by atoms with Gasteiger partial charge in [-0.1, -0.05) is 26.0 Å². The van der Waals surface area contributed by atoms with E-state index in [1.54, 1.807) is 55.8 Å². The maximum Gasteiger partial charge on any atom is 0.255 e. The number of dihydropyridines is 1. The molecule has 0 unspecified atom stereocenters. The summed E-state index contributed by atoms with van der Waals surface area (Å²) in [5.74, 6) is 0.780. The molecule has 0 spiro atoms. The van der Waals surface area contributed by atoms with Gasteiger partial charge in [-0.05, 0) is 72.9 Å². The lowest BCUT2D eigenvalue weighted by atomic mass is 9.68. The molecule has 2 aromatic carbocycles. The van der Waals surface area contributed by atoms with E-state index in [0.29, 0.717) is 52.6 Å². The number of Topliss-reactive ketones (excluding diaryl/α,β-unsaturated/α-hetero) is 1. The molecule has 2 heterocycles. The number of amides is 1. The lowest BCUT2D eigenvalue weighted by molar-refractivity contribution is -0.118. The molecule has 1 aromatic heterocycles. The number of anilines is 1. The molecule has 8 nitrogen and oxygen atoms in total. The van der Waals surface area contributed by atoms with Crippen LogP contribution in [0.15, 0.2) is 89.4 Å². The maximum atomic E-state index is 13.8. The van der Waals surface area contributed by atoms with Crippen LogP contribution in [0, 0.1) is 16.7 Å². The quantitative estimate of drug-likeness (QED) is 0.385. The Hall–Kier alpha value is -4.90. The Kier molecular flexibility index (Phi) is 7.62. The number of hydrogen-bond donors (Lipinski definition) is 2. The van der Waals surface area contributed by atoms with Gasteiger partial charge in [0.15, 0.2) is 5.78 Å². The average Bonchev–Trinajstić information content (AvgIpc) is 2.95. The lowest BCUT2D eigenvalue weighted by Crippen LogP contribution is -2.39. The van der Waals surface area contributed by atoms with Crippen LogP contribution in [0.1, 0.15) is 56.2 Å². The fourth-order valence-electron chi connectivity index (χ4n) is 5.57. The van der Waals surface area contributed by atoms with Gasteiger partial charge in [0.1, 0.15) is 23.9 Å². The van der Waals surface area contributed by atoms with Crippen LogP contribution in [0.2, 0.25) is 0 Å². The number of carbonyl (C=O) groups excluding carboxylic acids is 2. The third kappa shape index (κ3) is 5.85. The Morgan fingerprint density at radius 2 is 1.93 bits per heavy atom. The van der Waals surface area contributed by atoms with Gasteiger partial charge >= 0.3 is 0 Å². The molecule has 1 amide bonds. The van der Waals surface area contributed by atoms with E-state index in [0.717, 1.165) is 16.8 Å². The van der Waals surface area contributed by atoms with Gasteiger partial charge in [-0.3, -0.25) is 9.59 Å². The smallest absolute Gasteiger partial charge is 0.255 e. The van der Waals surface area contributed by atoms with E-state index in [4.69, 9.17) is 14.7 Å². The summed E-state index contributed by atoms with van der Waals surface area (Å²) >= 11 is 0. The summed E-state index contributed by atoms with van der Waals surface area (Å²) in [6.45, 7) is 6.23. The van der Waals surface area contributed by atoms with Crippen LogP contribution < -0.4 is 20.1 Å². The fourth-order valence-corrected chi connectivity index (χ4v) is 5.57. The van der Waals surface area contributed by atoms with E-state index in [1.165, 1.54) is 0 Å². The van der Waals surface area contributed by atoms with Gasteiger partial charge in [-0.25, -0.2) is 4.98 Å². The van der Waals surface area contributed by atoms with Crippen molar-refractivity contribution in [3.8, 4) is 17.6 Å². The van der Waals surface area contributed by atoms with E-state index >= 15 is 0 Å². The minimum Gasteiger partial charge on any atom is -0.496 e. The van der Waals surface area contributed by atoms with Gasteiger partial charge in [0.2, 0.25) is 0 Å². The number of nitrogens with zero attached hydrogens (tertiary/aromatic N) is 2. The zero-order chi connectivity index (χ0) is 29.1. The number of rotatable bonds is 7. The van der Waals surface area contributed by atoms with Crippen molar-refractivity contribution in [2.24, 2.45) is 5.41 Å². The van der Waals surface area contributed by atoms with E-state index in [2.05, 4.69) is 35.5 Å². The van der Waals surface area contributed by atoms with Crippen molar-refractivity contribution in [3.05, 3.63) is 106 Å². The number of aromatic nitrogens is 1. The van der Waals surface area contributed by atoms with Crippen LogP contribution >= 0.6 is 0 Å². The molecule has 208 valence electrons. The second-order valence-electron chi connectivity index (χ2n) is 11.1. The van der Waals surface area contributed by atoms with Crippen LogP contribution in [0.4, 0.5) is 5.82 Å². The summed E-state index contributed by atoms with van der Waals surface area (Å²) in [6, 6.07) is 20.0. The number of carbonyl (C=O) groups is 2. The Labute approximate surface area is 239 Å². The highest BCUT2D eigenvalue weighted by atomic mass is 16.5. The fraction of sp³-hybridized carbons (Fsp3) is 0.273. The van der Waals surface area contributed by atoms with Crippen molar-refractivity contribution >= 4 is 17.5 Å². The van der Waals surface area contributed by atoms with E-state index in [1.807, 2.05) is 25.1 Å². The molecule has 1 atom stereocenters. The molecule has 0 saturated carbocycles. The largest absolute Gasteiger partial charge is 0.496 e. The highest BCUT2D eigenvalue weighted by molar-refractivity contribution is 6.09. The van der Waals surface area contributed by atoms with E-state index in [9.17, 15) is 9.59 Å². The predicted octanol–water partition coefficient (Wildman–Crippen LogP) is 5.78.